The topological polar surface area (TPSA) is 72.2 Å². The molecular formula is C18H15F3N2O3S. The molecule has 27 heavy (non-hydrogen) atoms. The maximum absolute atomic E-state index is 13.3. The fourth-order valence-electron chi connectivity index (χ4n) is 2.89. The van der Waals surface area contributed by atoms with Crippen molar-refractivity contribution in [2.45, 2.75) is 39.0 Å². The number of aromatic nitrogens is 1. The standard InChI is InChI=1S/C18H15F3N2O3S/c1-4-25-16(24)13-14(18(19,20)21)23-15(27-13)9-5-10-7-17(2,3)26-12(10)11(6-9)8-22/h5-6H,4,7H2,1-3H3. The summed E-state index contributed by atoms with van der Waals surface area (Å²) in [7, 11) is 0. The van der Waals surface area contributed by atoms with Gasteiger partial charge in [0.15, 0.2) is 5.69 Å². The van der Waals surface area contributed by atoms with Gasteiger partial charge in [-0.05, 0) is 32.9 Å². The predicted molar refractivity (Wildman–Crippen MR) is 91.6 cm³/mol. The number of thiazole rings is 1. The van der Waals surface area contributed by atoms with Crippen molar-refractivity contribution in [3.8, 4) is 22.4 Å². The lowest BCUT2D eigenvalue weighted by Gasteiger charge is -2.17. The van der Waals surface area contributed by atoms with Crippen molar-refractivity contribution < 1.29 is 27.4 Å². The number of carbonyl (C=O) groups excluding carboxylic acids is 1. The van der Waals surface area contributed by atoms with Gasteiger partial charge in [0.1, 0.15) is 27.3 Å². The van der Waals surface area contributed by atoms with E-state index in [0.29, 0.717) is 29.1 Å². The second kappa shape index (κ2) is 6.53. The summed E-state index contributed by atoms with van der Waals surface area (Å²) in [6, 6.07) is 5.08. The average molecular weight is 396 g/mol. The second-order valence-electron chi connectivity index (χ2n) is 6.58. The molecule has 1 aliphatic rings. The molecule has 142 valence electrons. The zero-order chi connectivity index (χ0) is 20.0. The summed E-state index contributed by atoms with van der Waals surface area (Å²) in [6.45, 7) is 5.18. The van der Waals surface area contributed by atoms with E-state index < -0.39 is 28.3 Å². The number of benzene rings is 1. The Morgan fingerprint density at radius 2 is 2.15 bits per heavy atom. The first-order valence-corrected chi connectivity index (χ1v) is 8.89. The smallest absolute Gasteiger partial charge is 0.435 e. The molecule has 1 aromatic carbocycles. The van der Waals surface area contributed by atoms with Gasteiger partial charge in [0, 0.05) is 17.5 Å². The zero-order valence-corrected chi connectivity index (χ0v) is 15.5. The highest BCUT2D eigenvalue weighted by atomic mass is 32.1. The molecule has 0 fully saturated rings. The van der Waals surface area contributed by atoms with Gasteiger partial charge in [-0.3, -0.25) is 0 Å². The minimum atomic E-state index is -4.79. The summed E-state index contributed by atoms with van der Waals surface area (Å²) in [4.78, 5) is 15.0. The Morgan fingerprint density at radius 1 is 1.44 bits per heavy atom. The Hall–Kier alpha value is -2.60. The number of carbonyl (C=O) groups is 1. The molecule has 0 saturated carbocycles. The second-order valence-corrected chi connectivity index (χ2v) is 7.58. The van der Waals surface area contributed by atoms with Crippen molar-refractivity contribution in [3.63, 3.8) is 0 Å². The lowest BCUT2D eigenvalue weighted by Crippen LogP contribution is -2.24. The molecule has 0 radical (unpaired) electrons. The third-order valence-corrected chi connectivity index (χ3v) is 4.97. The van der Waals surface area contributed by atoms with Crippen molar-refractivity contribution in [1.29, 1.82) is 5.26 Å². The first-order chi connectivity index (χ1) is 12.6. The summed E-state index contributed by atoms with van der Waals surface area (Å²) in [5.41, 5.74) is -0.526. The van der Waals surface area contributed by atoms with Gasteiger partial charge in [0.05, 0.1) is 12.2 Å². The van der Waals surface area contributed by atoms with Crippen molar-refractivity contribution in [2.24, 2.45) is 0 Å². The number of hydrogen-bond acceptors (Lipinski definition) is 6. The highest BCUT2D eigenvalue weighted by molar-refractivity contribution is 7.17. The quantitative estimate of drug-likeness (QED) is 0.710. The normalized spacial score (nSPS) is 15.0. The molecule has 0 unspecified atom stereocenters. The molecule has 0 aliphatic carbocycles. The van der Waals surface area contributed by atoms with Crippen molar-refractivity contribution in [3.05, 3.63) is 33.8 Å². The van der Waals surface area contributed by atoms with Crippen LogP contribution in [0.5, 0.6) is 5.75 Å². The van der Waals surface area contributed by atoms with Crippen molar-refractivity contribution in [1.82, 2.24) is 4.98 Å². The number of hydrogen-bond donors (Lipinski definition) is 0. The van der Waals surface area contributed by atoms with Crippen LogP contribution in [-0.4, -0.2) is 23.2 Å². The van der Waals surface area contributed by atoms with E-state index in [0.717, 1.165) is 5.56 Å². The summed E-state index contributed by atoms with van der Waals surface area (Å²) < 4.78 is 50.4. The van der Waals surface area contributed by atoms with E-state index in [2.05, 4.69) is 4.98 Å². The van der Waals surface area contributed by atoms with E-state index in [1.165, 1.54) is 13.0 Å². The minimum Gasteiger partial charge on any atom is -0.486 e. The van der Waals surface area contributed by atoms with Crippen molar-refractivity contribution >= 4 is 17.3 Å². The maximum Gasteiger partial charge on any atom is 0.435 e. The van der Waals surface area contributed by atoms with Crippen LogP contribution in [0.1, 0.15) is 47.3 Å². The molecule has 2 aromatic rings. The summed E-state index contributed by atoms with van der Waals surface area (Å²) in [5, 5.41) is 9.38. The van der Waals surface area contributed by atoms with E-state index in [1.807, 2.05) is 19.9 Å². The van der Waals surface area contributed by atoms with E-state index in [9.17, 15) is 23.2 Å². The molecule has 1 aliphatic heterocycles. The molecule has 2 heterocycles. The van der Waals surface area contributed by atoms with Gasteiger partial charge >= 0.3 is 12.1 Å². The van der Waals surface area contributed by atoms with Crippen molar-refractivity contribution in [2.75, 3.05) is 6.61 Å². The van der Waals surface area contributed by atoms with E-state index in [4.69, 9.17) is 9.47 Å². The van der Waals surface area contributed by atoms with Gasteiger partial charge in [-0.1, -0.05) is 0 Å². The van der Waals surface area contributed by atoms with E-state index in [1.54, 1.807) is 6.07 Å². The Balaban J connectivity index is 2.13. The van der Waals surface area contributed by atoms with Crippen LogP contribution in [0.4, 0.5) is 13.2 Å². The number of fused-ring (bicyclic) bond motifs is 1. The van der Waals surface area contributed by atoms with Crippen LogP contribution in [0.3, 0.4) is 0 Å². The van der Waals surface area contributed by atoms with Crippen LogP contribution < -0.4 is 4.74 Å². The molecule has 3 rings (SSSR count). The number of nitriles is 1. The number of rotatable bonds is 3. The number of ether oxygens (including phenoxy) is 2. The number of halogens is 3. The zero-order valence-electron chi connectivity index (χ0n) is 14.7. The van der Waals surface area contributed by atoms with Gasteiger partial charge < -0.3 is 9.47 Å². The first kappa shape index (κ1) is 19.2. The summed E-state index contributed by atoms with van der Waals surface area (Å²) >= 11 is 0.596. The molecule has 5 nitrogen and oxygen atoms in total. The average Bonchev–Trinajstić information content (AvgIpc) is 3.13. The van der Waals surface area contributed by atoms with Gasteiger partial charge in [-0.25, -0.2) is 9.78 Å². The lowest BCUT2D eigenvalue weighted by molar-refractivity contribution is -0.141. The van der Waals surface area contributed by atoms with Gasteiger partial charge in [-0.15, -0.1) is 11.3 Å². The fraction of sp³-hybridized carbons (Fsp3) is 0.389. The number of nitrogens with zero attached hydrogens (tertiary/aromatic N) is 2. The number of esters is 1. The van der Waals surface area contributed by atoms with Gasteiger partial charge in [0.25, 0.3) is 0 Å². The molecule has 0 bridgehead atoms. The molecule has 0 N–H and O–H groups in total. The molecule has 0 saturated heterocycles. The van der Waals surface area contributed by atoms with E-state index >= 15 is 0 Å². The lowest BCUT2D eigenvalue weighted by atomic mass is 9.98. The third kappa shape index (κ3) is 3.62. The van der Waals surface area contributed by atoms with Crippen LogP contribution in [-0.2, 0) is 17.3 Å². The SMILES string of the molecule is CCOC(=O)c1sc(-c2cc(C#N)c3c(c2)CC(C)(C)O3)nc1C(F)(F)F. The van der Waals surface area contributed by atoms with Gasteiger partial charge in [0.2, 0.25) is 0 Å². The maximum atomic E-state index is 13.3. The number of alkyl halides is 3. The minimum absolute atomic E-state index is 0.00520. The first-order valence-electron chi connectivity index (χ1n) is 8.07. The van der Waals surface area contributed by atoms with Gasteiger partial charge in [-0.2, -0.15) is 18.4 Å². The molecular weight excluding hydrogens is 381 g/mol. The molecule has 0 amide bonds. The Morgan fingerprint density at radius 3 is 2.74 bits per heavy atom. The summed E-state index contributed by atoms with van der Waals surface area (Å²) in [5.74, 6) is -0.635. The highest BCUT2D eigenvalue weighted by Crippen LogP contribution is 2.43. The molecule has 0 atom stereocenters. The Kier molecular flexibility index (Phi) is 4.64. The fourth-order valence-corrected chi connectivity index (χ4v) is 3.86. The van der Waals surface area contributed by atoms with Crippen LogP contribution in [0.15, 0.2) is 12.1 Å². The Bertz CT molecular complexity index is 958. The van der Waals surface area contributed by atoms with E-state index in [-0.39, 0.29) is 17.2 Å². The monoisotopic (exact) mass is 396 g/mol. The van der Waals surface area contributed by atoms with Crippen LogP contribution >= 0.6 is 11.3 Å². The largest absolute Gasteiger partial charge is 0.486 e. The highest BCUT2D eigenvalue weighted by Gasteiger charge is 2.40. The molecule has 9 heteroatoms. The molecule has 1 aromatic heterocycles. The predicted octanol–water partition coefficient (Wildman–Crippen LogP) is 4.59. The third-order valence-electron chi connectivity index (χ3n) is 3.88. The van der Waals surface area contributed by atoms with Crippen LogP contribution in [0, 0.1) is 11.3 Å². The molecule has 0 spiro atoms. The van der Waals surface area contributed by atoms with Crippen LogP contribution in [0.25, 0.3) is 10.6 Å². The summed E-state index contributed by atoms with van der Waals surface area (Å²) in [6.07, 6.45) is -4.29. The Labute approximate surface area is 157 Å². The van der Waals surface area contributed by atoms with Crippen LogP contribution in [0.2, 0.25) is 0 Å².